The van der Waals surface area contributed by atoms with Crippen LogP contribution in [0.25, 0.3) is 0 Å². The van der Waals surface area contributed by atoms with Gasteiger partial charge >= 0.3 is 0 Å². The van der Waals surface area contributed by atoms with E-state index >= 15 is 0 Å². The second kappa shape index (κ2) is 7.30. The van der Waals surface area contributed by atoms with E-state index in [1.807, 2.05) is 0 Å². The predicted molar refractivity (Wildman–Crippen MR) is 91.4 cm³/mol. The Labute approximate surface area is 140 Å². The second-order valence-electron chi connectivity index (χ2n) is 4.65. The number of halogens is 1. The first-order chi connectivity index (χ1) is 10.9. The van der Waals surface area contributed by atoms with E-state index in [2.05, 4.69) is 16.5 Å². The molecule has 0 bridgehead atoms. The molecule has 2 N–H and O–H groups in total. The summed E-state index contributed by atoms with van der Waals surface area (Å²) in [7, 11) is -3.78. The maximum atomic E-state index is 12.0. The van der Waals surface area contributed by atoms with Crippen LogP contribution in [0, 0.1) is 0 Å². The standard InChI is InChI=1S/C16H15ClN2O3S/c1-2-4-12-5-3-6-13(16(12)20)11-18-19-23(21,22)15-9-7-14(17)8-10-15/h2-3,5-11,19-20H,1,4H2. The minimum absolute atomic E-state index is 0.0434. The molecular formula is C16H15ClN2O3S. The zero-order valence-electron chi connectivity index (χ0n) is 12.1. The van der Waals surface area contributed by atoms with Crippen molar-refractivity contribution in [1.29, 1.82) is 0 Å². The molecule has 0 spiro atoms. The van der Waals surface area contributed by atoms with E-state index in [9.17, 15) is 13.5 Å². The topological polar surface area (TPSA) is 78.8 Å². The van der Waals surface area contributed by atoms with Gasteiger partial charge in [-0.05, 0) is 42.3 Å². The van der Waals surface area contributed by atoms with Gasteiger partial charge in [0, 0.05) is 10.6 Å². The van der Waals surface area contributed by atoms with E-state index in [4.69, 9.17) is 11.6 Å². The number of phenolic OH excluding ortho intramolecular Hbond substituents is 1. The van der Waals surface area contributed by atoms with Gasteiger partial charge in [-0.15, -0.1) is 6.58 Å². The van der Waals surface area contributed by atoms with Gasteiger partial charge in [0.15, 0.2) is 0 Å². The molecule has 2 rings (SSSR count). The number of aromatic hydroxyl groups is 1. The number of nitrogens with zero attached hydrogens (tertiary/aromatic N) is 1. The number of benzene rings is 2. The summed E-state index contributed by atoms with van der Waals surface area (Å²) in [6.07, 6.45) is 3.42. The lowest BCUT2D eigenvalue weighted by Crippen LogP contribution is -2.18. The van der Waals surface area contributed by atoms with Crippen molar-refractivity contribution in [3.05, 3.63) is 71.3 Å². The molecular weight excluding hydrogens is 336 g/mol. The monoisotopic (exact) mass is 350 g/mol. The zero-order chi connectivity index (χ0) is 16.9. The Hall–Kier alpha value is -2.31. The first kappa shape index (κ1) is 17.1. The highest BCUT2D eigenvalue weighted by atomic mass is 35.5. The van der Waals surface area contributed by atoms with Crippen molar-refractivity contribution in [2.45, 2.75) is 11.3 Å². The maximum Gasteiger partial charge on any atom is 0.276 e. The van der Waals surface area contributed by atoms with Gasteiger partial charge in [-0.3, -0.25) is 0 Å². The summed E-state index contributed by atoms with van der Waals surface area (Å²) >= 11 is 5.72. The fraction of sp³-hybridized carbons (Fsp3) is 0.0625. The van der Waals surface area contributed by atoms with Crippen LogP contribution in [0.1, 0.15) is 11.1 Å². The third-order valence-corrected chi connectivity index (χ3v) is 4.51. The molecule has 0 saturated carbocycles. The van der Waals surface area contributed by atoms with Crippen LogP contribution in [-0.4, -0.2) is 19.7 Å². The second-order valence-corrected chi connectivity index (χ2v) is 6.75. The number of hydrogen-bond acceptors (Lipinski definition) is 4. The average Bonchev–Trinajstić information content (AvgIpc) is 2.51. The molecule has 0 aliphatic carbocycles. The molecule has 5 nitrogen and oxygen atoms in total. The smallest absolute Gasteiger partial charge is 0.276 e. The quantitative estimate of drug-likeness (QED) is 0.477. The van der Waals surface area contributed by atoms with Crippen LogP contribution in [0.15, 0.2) is 65.1 Å². The van der Waals surface area contributed by atoms with Gasteiger partial charge in [0.2, 0.25) is 0 Å². The molecule has 0 radical (unpaired) electrons. The summed E-state index contributed by atoms with van der Waals surface area (Å²) in [6, 6.07) is 10.8. The molecule has 0 aliphatic heterocycles. The summed E-state index contributed by atoms with van der Waals surface area (Å²) in [5.41, 5.74) is 1.09. The van der Waals surface area contributed by atoms with Crippen LogP contribution in [0.5, 0.6) is 5.75 Å². The van der Waals surface area contributed by atoms with Crippen molar-refractivity contribution >= 4 is 27.8 Å². The Kier molecular flexibility index (Phi) is 5.41. The van der Waals surface area contributed by atoms with Gasteiger partial charge in [-0.2, -0.15) is 13.5 Å². The minimum Gasteiger partial charge on any atom is -0.507 e. The molecule has 120 valence electrons. The van der Waals surface area contributed by atoms with Gasteiger partial charge < -0.3 is 5.11 Å². The molecule has 0 aliphatic rings. The largest absolute Gasteiger partial charge is 0.507 e. The highest BCUT2D eigenvalue weighted by Crippen LogP contribution is 2.21. The maximum absolute atomic E-state index is 12.0. The van der Waals surface area contributed by atoms with Crippen LogP contribution in [0.3, 0.4) is 0 Å². The van der Waals surface area contributed by atoms with E-state index in [0.717, 1.165) is 0 Å². The van der Waals surface area contributed by atoms with Crippen molar-refractivity contribution in [2.75, 3.05) is 0 Å². The van der Waals surface area contributed by atoms with Gasteiger partial charge in [-0.1, -0.05) is 29.8 Å². The van der Waals surface area contributed by atoms with Gasteiger partial charge in [0.1, 0.15) is 5.75 Å². The minimum atomic E-state index is -3.78. The molecule has 0 aromatic heterocycles. The lowest BCUT2D eigenvalue weighted by atomic mass is 10.1. The Morgan fingerprint density at radius 3 is 2.57 bits per heavy atom. The molecule has 23 heavy (non-hydrogen) atoms. The van der Waals surface area contributed by atoms with Gasteiger partial charge in [0.05, 0.1) is 11.1 Å². The number of nitrogens with one attached hydrogen (secondary N) is 1. The zero-order valence-corrected chi connectivity index (χ0v) is 13.7. The number of hydrazone groups is 1. The lowest BCUT2D eigenvalue weighted by molar-refractivity contribution is 0.469. The highest BCUT2D eigenvalue weighted by molar-refractivity contribution is 7.89. The SMILES string of the molecule is C=CCc1cccc(C=NNS(=O)(=O)c2ccc(Cl)cc2)c1O. The van der Waals surface area contributed by atoms with Gasteiger partial charge in [-0.25, -0.2) is 4.83 Å². The summed E-state index contributed by atoms with van der Waals surface area (Å²) in [6.45, 7) is 3.62. The molecule has 0 unspecified atom stereocenters. The number of hydrogen-bond donors (Lipinski definition) is 2. The number of allylic oxidation sites excluding steroid dienone is 1. The van der Waals surface area contributed by atoms with Crippen LogP contribution in [0.4, 0.5) is 0 Å². The normalized spacial score (nSPS) is 11.5. The van der Waals surface area contributed by atoms with Crippen molar-refractivity contribution < 1.29 is 13.5 Å². The summed E-state index contributed by atoms with van der Waals surface area (Å²) < 4.78 is 24.1. The Morgan fingerprint density at radius 1 is 1.22 bits per heavy atom. The van der Waals surface area contributed by atoms with Crippen molar-refractivity contribution in [1.82, 2.24) is 4.83 Å². The third-order valence-electron chi connectivity index (χ3n) is 3.02. The van der Waals surface area contributed by atoms with Crippen LogP contribution < -0.4 is 4.83 Å². The first-order valence-corrected chi connectivity index (χ1v) is 8.52. The molecule has 7 heteroatoms. The number of sulfonamides is 1. The Bertz CT molecular complexity index is 831. The number of phenols is 1. The van der Waals surface area contributed by atoms with Crippen LogP contribution >= 0.6 is 11.6 Å². The molecule has 0 heterocycles. The molecule has 2 aromatic rings. The van der Waals surface area contributed by atoms with E-state index in [1.165, 1.54) is 30.5 Å². The number of rotatable bonds is 6. The fourth-order valence-electron chi connectivity index (χ4n) is 1.87. The molecule has 0 atom stereocenters. The first-order valence-electron chi connectivity index (χ1n) is 6.66. The van der Waals surface area contributed by atoms with Crippen molar-refractivity contribution in [2.24, 2.45) is 5.10 Å². The van der Waals surface area contributed by atoms with E-state index in [-0.39, 0.29) is 10.6 Å². The molecule has 0 fully saturated rings. The van der Waals surface area contributed by atoms with Crippen LogP contribution in [0.2, 0.25) is 5.02 Å². The fourth-order valence-corrected chi connectivity index (χ4v) is 2.78. The van der Waals surface area contributed by atoms with Crippen LogP contribution in [-0.2, 0) is 16.4 Å². The third kappa shape index (κ3) is 4.34. The van der Waals surface area contributed by atoms with E-state index in [0.29, 0.717) is 22.6 Å². The molecule has 2 aromatic carbocycles. The van der Waals surface area contributed by atoms with E-state index in [1.54, 1.807) is 24.3 Å². The van der Waals surface area contributed by atoms with Crippen molar-refractivity contribution in [3.63, 3.8) is 0 Å². The lowest BCUT2D eigenvalue weighted by Gasteiger charge is -2.05. The molecule has 0 amide bonds. The number of para-hydroxylation sites is 1. The van der Waals surface area contributed by atoms with Crippen molar-refractivity contribution in [3.8, 4) is 5.75 Å². The Balaban J connectivity index is 2.17. The predicted octanol–water partition coefficient (Wildman–Crippen LogP) is 3.09. The highest BCUT2D eigenvalue weighted by Gasteiger charge is 2.12. The summed E-state index contributed by atoms with van der Waals surface area (Å²) in [5, 5.41) is 14.2. The summed E-state index contributed by atoms with van der Waals surface area (Å²) in [5.74, 6) is 0.0434. The average molecular weight is 351 g/mol. The summed E-state index contributed by atoms with van der Waals surface area (Å²) in [4.78, 5) is 2.13. The van der Waals surface area contributed by atoms with E-state index < -0.39 is 10.0 Å². The molecule has 0 saturated heterocycles. The van der Waals surface area contributed by atoms with Gasteiger partial charge in [0.25, 0.3) is 10.0 Å². The Morgan fingerprint density at radius 2 is 1.91 bits per heavy atom.